The van der Waals surface area contributed by atoms with E-state index in [2.05, 4.69) is 48.1 Å². The van der Waals surface area contributed by atoms with Gasteiger partial charge in [-0.15, -0.1) is 0 Å². The van der Waals surface area contributed by atoms with Crippen molar-refractivity contribution in [1.29, 1.82) is 0 Å². The molecule has 0 amide bonds. The van der Waals surface area contributed by atoms with Gasteiger partial charge >= 0.3 is 0 Å². The fourth-order valence-electron chi connectivity index (χ4n) is 3.31. The lowest BCUT2D eigenvalue weighted by Gasteiger charge is -2.22. The minimum atomic E-state index is -0.859. The number of fused-ring (bicyclic) bond motifs is 1. The number of benzene rings is 1. The van der Waals surface area contributed by atoms with E-state index in [4.69, 9.17) is 11.1 Å². The Hall–Kier alpha value is -0.533. The monoisotopic (exact) mass is 277 g/mol. The lowest BCUT2D eigenvalue weighted by molar-refractivity contribution is 1.06. The number of hydrogen-bond donors (Lipinski definition) is 0. The molecule has 1 aromatic rings. The van der Waals surface area contributed by atoms with Gasteiger partial charge in [-0.2, -0.15) is 11.1 Å². The van der Waals surface area contributed by atoms with Gasteiger partial charge in [-0.1, -0.05) is 12.1 Å². The van der Waals surface area contributed by atoms with E-state index < -0.39 is 8.11 Å². The molecule has 1 unspecified atom stereocenters. The van der Waals surface area contributed by atoms with E-state index in [-0.39, 0.29) is 0 Å². The van der Waals surface area contributed by atoms with Crippen LogP contribution < -0.4 is 0 Å². The summed E-state index contributed by atoms with van der Waals surface area (Å²) in [5.41, 5.74) is 12.3. The lowest BCUT2D eigenvalue weighted by atomic mass is 9.88. The third kappa shape index (κ3) is 1.71. The van der Waals surface area contributed by atoms with Crippen molar-refractivity contribution in [2.75, 3.05) is 0 Å². The molecule has 0 spiro atoms. The first-order valence-electron chi connectivity index (χ1n) is 6.56. The van der Waals surface area contributed by atoms with E-state index in [1.807, 2.05) is 0 Å². The molecule has 1 atom stereocenters. The van der Waals surface area contributed by atoms with Crippen LogP contribution in [-0.4, -0.2) is 8.11 Å². The zero-order valence-electron chi connectivity index (χ0n) is 12.5. The van der Waals surface area contributed by atoms with Gasteiger partial charge < -0.3 is 0 Å². The average Bonchev–Trinajstić information content (AvgIpc) is 2.57. The van der Waals surface area contributed by atoms with Gasteiger partial charge in [0.05, 0.1) is 0 Å². The first-order chi connectivity index (χ1) is 8.29. The summed E-state index contributed by atoms with van der Waals surface area (Å²) < 4.78 is 0. The molecule has 0 N–H and O–H groups in total. The molecule has 0 saturated carbocycles. The maximum Gasteiger partial charge on any atom is 0.174 e. The number of halogens is 1. The molecule has 0 fully saturated rings. The third-order valence-corrected chi connectivity index (χ3v) is 6.99. The van der Waals surface area contributed by atoms with Gasteiger partial charge in [-0.05, 0) is 80.5 Å². The molecule has 0 aliphatic heterocycles. The van der Waals surface area contributed by atoms with E-state index in [9.17, 15) is 0 Å². The van der Waals surface area contributed by atoms with Crippen LogP contribution in [0.1, 0.15) is 52.8 Å². The Morgan fingerprint density at radius 1 is 0.833 bits per heavy atom. The molecule has 1 aliphatic carbocycles. The molecule has 0 heterocycles. The predicted molar refractivity (Wildman–Crippen MR) is 83.9 cm³/mol. The second kappa shape index (κ2) is 4.54. The largest absolute Gasteiger partial charge is 0.174 e. The summed E-state index contributed by atoms with van der Waals surface area (Å²) in [5.74, 6) is 0. The van der Waals surface area contributed by atoms with Gasteiger partial charge in [0.1, 0.15) is 0 Å². The standard InChI is InChI=1S/C16H22ClSi/c1-8-9(2)11(4)15-14(10(8)3)12(5)13(6)16(15)18(7)17/h16H,1-7H3. The summed E-state index contributed by atoms with van der Waals surface area (Å²) >= 11 is 6.56. The van der Waals surface area contributed by atoms with E-state index in [1.165, 1.54) is 44.5 Å². The topological polar surface area (TPSA) is 0 Å². The minimum absolute atomic E-state index is 0.490. The summed E-state index contributed by atoms with van der Waals surface area (Å²) in [7, 11) is -0.859. The van der Waals surface area contributed by atoms with Crippen LogP contribution in [0.25, 0.3) is 5.57 Å². The van der Waals surface area contributed by atoms with Crippen molar-refractivity contribution in [3.05, 3.63) is 39.0 Å². The maximum atomic E-state index is 6.56. The first-order valence-corrected chi connectivity index (χ1v) is 9.64. The summed E-state index contributed by atoms with van der Waals surface area (Å²) in [6.07, 6.45) is 0. The molecule has 1 aliphatic rings. The fourth-order valence-corrected chi connectivity index (χ4v) is 5.70. The molecule has 1 aromatic carbocycles. The molecule has 2 rings (SSSR count). The molecule has 97 valence electrons. The summed E-state index contributed by atoms with van der Waals surface area (Å²) in [6.45, 7) is 15.8. The molecular formula is C16H22ClSi. The van der Waals surface area contributed by atoms with Crippen LogP contribution in [0.2, 0.25) is 6.55 Å². The van der Waals surface area contributed by atoms with Crippen LogP contribution in [0.15, 0.2) is 5.57 Å². The maximum absolute atomic E-state index is 6.56. The third-order valence-electron chi connectivity index (χ3n) is 4.82. The Balaban J connectivity index is 2.85. The van der Waals surface area contributed by atoms with Crippen LogP contribution in [0.5, 0.6) is 0 Å². The Morgan fingerprint density at radius 3 is 1.83 bits per heavy atom. The quantitative estimate of drug-likeness (QED) is 0.488. The van der Waals surface area contributed by atoms with Crippen LogP contribution in [-0.2, 0) is 0 Å². The van der Waals surface area contributed by atoms with Gasteiger partial charge in [0.2, 0.25) is 0 Å². The molecule has 0 nitrogen and oxygen atoms in total. The molecule has 2 heteroatoms. The lowest BCUT2D eigenvalue weighted by Crippen LogP contribution is -2.15. The highest BCUT2D eigenvalue weighted by Gasteiger charge is 2.34. The number of allylic oxidation sites excluding steroid dienone is 2. The van der Waals surface area contributed by atoms with Crippen molar-refractivity contribution in [2.24, 2.45) is 0 Å². The molecule has 1 radical (unpaired) electrons. The highest BCUT2D eigenvalue weighted by molar-refractivity contribution is 7.07. The van der Waals surface area contributed by atoms with E-state index in [0.29, 0.717) is 5.54 Å². The minimum Gasteiger partial charge on any atom is -0.168 e. The molecular weight excluding hydrogens is 256 g/mol. The van der Waals surface area contributed by atoms with Gasteiger partial charge in [-0.3, -0.25) is 0 Å². The van der Waals surface area contributed by atoms with Gasteiger partial charge in [-0.25, -0.2) is 0 Å². The highest BCUT2D eigenvalue weighted by Crippen LogP contribution is 2.48. The first kappa shape index (κ1) is 13.9. The zero-order valence-corrected chi connectivity index (χ0v) is 14.2. The van der Waals surface area contributed by atoms with Crippen LogP contribution in [0.3, 0.4) is 0 Å². The van der Waals surface area contributed by atoms with Crippen molar-refractivity contribution in [2.45, 2.75) is 53.6 Å². The number of rotatable bonds is 1. The molecule has 0 bridgehead atoms. The van der Waals surface area contributed by atoms with Crippen LogP contribution in [0, 0.1) is 27.7 Å². The summed E-state index contributed by atoms with van der Waals surface area (Å²) in [5, 5.41) is 0. The summed E-state index contributed by atoms with van der Waals surface area (Å²) in [4.78, 5) is 0. The van der Waals surface area contributed by atoms with Gasteiger partial charge in [0, 0.05) is 5.54 Å². The average molecular weight is 278 g/mol. The van der Waals surface area contributed by atoms with Crippen molar-refractivity contribution >= 4 is 24.8 Å². The van der Waals surface area contributed by atoms with Gasteiger partial charge in [0.15, 0.2) is 8.11 Å². The normalized spacial score (nSPS) is 18.8. The second-order valence-corrected chi connectivity index (χ2v) is 9.16. The van der Waals surface area contributed by atoms with Crippen molar-refractivity contribution in [3.8, 4) is 0 Å². The van der Waals surface area contributed by atoms with Crippen molar-refractivity contribution in [1.82, 2.24) is 0 Å². The molecule has 0 saturated heterocycles. The van der Waals surface area contributed by atoms with Crippen LogP contribution >= 0.6 is 11.1 Å². The van der Waals surface area contributed by atoms with E-state index in [1.54, 1.807) is 0 Å². The Morgan fingerprint density at radius 2 is 1.33 bits per heavy atom. The number of hydrogen-bond acceptors (Lipinski definition) is 0. The Bertz CT molecular complexity index is 553. The van der Waals surface area contributed by atoms with E-state index >= 15 is 0 Å². The molecule has 18 heavy (non-hydrogen) atoms. The van der Waals surface area contributed by atoms with Gasteiger partial charge in [0.25, 0.3) is 0 Å². The Labute approximate surface area is 117 Å². The second-order valence-electron chi connectivity index (χ2n) is 5.62. The zero-order chi connectivity index (χ0) is 13.8. The molecule has 0 aromatic heterocycles. The predicted octanol–water partition coefficient (Wildman–Crippen LogP) is 5.21. The van der Waals surface area contributed by atoms with Crippen molar-refractivity contribution in [3.63, 3.8) is 0 Å². The van der Waals surface area contributed by atoms with Crippen molar-refractivity contribution < 1.29 is 0 Å². The van der Waals surface area contributed by atoms with E-state index in [0.717, 1.165) is 0 Å². The van der Waals surface area contributed by atoms with Crippen LogP contribution in [0.4, 0.5) is 0 Å². The fraction of sp³-hybridized carbons (Fsp3) is 0.500. The highest BCUT2D eigenvalue weighted by atomic mass is 35.6. The summed E-state index contributed by atoms with van der Waals surface area (Å²) in [6, 6.07) is 0. The Kier molecular flexibility index (Phi) is 3.50. The SMILES string of the molecule is CC1=C(C)C([Si](C)Cl)c2c(C)c(C)c(C)c(C)c21. The smallest absolute Gasteiger partial charge is 0.168 e.